The Morgan fingerprint density at radius 2 is 1.90 bits per heavy atom. The zero-order chi connectivity index (χ0) is 15.4. The maximum absolute atomic E-state index is 12.5. The summed E-state index contributed by atoms with van der Waals surface area (Å²) in [7, 11) is 0. The van der Waals surface area contributed by atoms with Crippen molar-refractivity contribution in [3.63, 3.8) is 0 Å². The van der Waals surface area contributed by atoms with Crippen LogP contribution in [-0.2, 0) is 6.42 Å². The molecule has 1 saturated carbocycles. The summed E-state index contributed by atoms with van der Waals surface area (Å²) in [6, 6.07) is 0. The van der Waals surface area contributed by atoms with Crippen LogP contribution in [0.15, 0.2) is 4.79 Å². The number of aromatic amines is 1. The highest BCUT2D eigenvalue weighted by atomic mass is 16.4. The van der Waals surface area contributed by atoms with Crippen molar-refractivity contribution >= 4 is 11.8 Å². The second-order valence-corrected chi connectivity index (χ2v) is 6.69. The summed E-state index contributed by atoms with van der Waals surface area (Å²) in [5.74, 6) is -1.57. The van der Waals surface area contributed by atoms with E-state index >= 15 is 0 Å². The number of pyridine rings is 1. The minimum atomic E-state index is -1.26. The number of H-pyrrole nitrogens is 1. The fourth-order valence-corrected chi connectivity index (χ4v) is 3.64. The number of nitrogens with one attached hydrogen (secondary N) is 1. The van der Waals surface area contributed by atoms with Gasteiger partial charge in [-0.2, -0.15) is 0 Å². The molecule has 0 bridgehead atoms. The molecule has 2 aliphatic carbocycles. The zero-order valence-electron chi connectivity index (χ0n) is 12.3. The smallest absolute Gasteiger partial charge is 0.341 e. The Hall–Kier alpha value is -1.91. The second kappa shape index (κ2) is 4.55. The number of ketones is 1. The van der Waals surface area contributed by atoms with Gasteiger partial charge < -0.3 is 10.1 Å². The first kappa shape index (κ1) is 14.0. The van der Waals surface area contributed by atoms with Gasteiger partial charge in [-0.05, 0) is 30.6 Å². The average Bonchev–Trinajstić information content (AvgIpc) is 2.34. The van der Waals surface area contributed by atoms with Crippen LogP contribution >= 0.6 is 0 Å². The predicted octanol–water partition coefficient (Wildman–Crippen LogP) is 2.50. The van der Waals surface area contributed by atoms with E-state index in [1.165, 1.54) is 0 Å². The zero-order valence-corrected chi connectivity index (χ0v) is 12.3. The number of carbonyl (C=O) groups is 2. The van der Waals surface area contributed by atoms with E-state index in [4.69, 9.17) is 0 Å². The summed E-state index contributed by atoms with van der Waals surface area (Å²) < 4.78 is 0. The number of hydrogen-bond acceptors (Lipinski definition) is 3. The number of aromatic carboxylic acids is 1. The summed E-state index contributed by atoms with van der Waals surface area (Å²) in [5, 5.41) is 9.31. The summed E-state index contributed by atoms with van der Waals surface area (Å²) in [6.45, 7) is 3.68. The highest BCUT2D eigenvalue weighted by Gasteiger charge is 2.45. The van der Waals surface area contributed by atoms with Crippen molar-refractivity contribution in [3.8, 4) is 0 Å². The molecule has 112 valence electrons. The molecule has 1 heterocycles. The van der Waals surface area contributed by atoms with Crippen molar-refractivity contribution in [1.82, 2.24) is 4.98 Å². The molecule has 1 aromatic rings. The van der Waals surface area contributed by atoms with E-state index in [1.807, 2.05) is 13.8 Å². The molecular weight excluding hydrogens is 270 g/mol. The first-order chi connectivity index (χ1) is 9.84. The van der Waals surface area contributed by atoms with Gasteiger partial charge in [0.05, 0.1) is 5.56 Å². The van der Waals surface area contributed by atoms with E-state index in [2.05, 4.69) is 4.98 Å². The van der Waals surface area contributed by atoms with Crippen molar-refractivity contribution in [2.75, 3.05) is 0 Å². The van der Waals surface area contributed by atoms with Crippen LogP contribution in [0.3, 0.4) is 0 Å². The average molecular weight is 289 g/mol. The topological polar surface area (TPSA) is 87.2 Å². The van der Waals surface area contributed by atoms with Crippen LogP contribution in [0.25, 0.3) is 0 Å². The molecule has 0 amide bonds. The number of rotatable bonds is 2. The van der Waals surface area contributed by atoms with E-state index < -0.39 is 11.4 Å². The molecule has 0 radical (unpaired) electrons. The van der Waals surface area contributed by atoms with E-state index in [9.17, 15) is 19.5 Å². The fraction of sp³-hybridized carbons (Fsp3) is 0.562. The molecule has 1 aromatic heterocycles. The van der Waals surface area contributed by atoms with Crippen molar-refractivity contribution in [2.45, 2.75) is 51.9 Å². The lowest BCUT2D eigenvalue weighted by molar-refractivity contribution is 0.0689. The SMILES string of the molecule is CC(C)c1[nH]c2c(c(=O)c1C(=O)O)C(=O)CC1(CCC1)C2. The minimum absolute atomic E-state index is 0.00597. The molecule has 1 fully saturated rings. The predicted molar refractivity (Wildman–Crippen MR) is 77.0 cm³/mol. The van der Waals surface area contributed by atoms with Gasteiger partial charge in [0.1, 0.15) is 5.56 Å². The third-order valence-corrected chi connectivity index (χ3v) is 4.88. The molecular formula is C16H19NO4. The van der Waals surface area contributed by atoms with Gasteiger partial charge in [0.15, 0.2) is 5.78 Å². The summed E-state index contributed by atoms with van der Waals surface area (Å²) >= 11 is 0. The highest BCUT2D eigenvalue weighted by Crippen LogP contribution is 2.49. The lowest BCUT2D eigenvalue weighted by atomic mass is 9.60. The summed E-state index contributed by atoms with van der Waals surface area (Å²) in [4.78, 5) is 39.4. The molecule has 0 unspecified atom stereocenters. The number of hydrogen-bond donors (Lipinski definition) is 2. The molecule has 0 saturated heterocycles. The largest absolute Gasteiger partial charge is 0.477 e. The number of carboxylic acids is 1. The van der Waals surface area contributed by atoms with Crippen LogP contribution in [0.1, 0.15) is 77.6 Å². The summed E-state index contributed by atoms with van der Waals surface area (Å²) in [5.41, 5.74) is 0.265. The van der Waals surface area contributed by atoms with Gasteiger partial charge in [0.2, 0.25) is 5.43 Å². The lowest BCUT2D eigenvalue weighted by Gasteiger charge is -2.44. The van der Waals surface area contributed by atoms with Gasteiger partial charge in [-0.1, -0.05) is 20.3 Å². The maximum atomic E-state index is 12.5. The molecule has 2 aliphatic rings. The monoisotopic (exact) mass is 289 g/mol. The lowest BCUT2D eigenvalue weighted by Crippen LogP contribution is -2.42. The van der Waals surface area contributed by atoms with Crippen LogP contribution < -0.4 is 5.43 Å². The van der Waals surface area contributed by atoms with E-state index in [0.29, 0.717) is 24.2 Å². The number of Topliss-reactive ketones (excluding diaryl/α,β-unsaturated/α-hetero) is 1. The van der Waals surface area contributed by atoms with Gasteiger partial charge in [0.25, 0.3) is 0 Å². The van der Waals surface area contributed by atoms with Gasteiger partial charge in [-0.25, -0.2) is 4.79 Å². The number of fused-ring (bicyclic) bond motifs is 1. The Morgan fingerprint density at radius 3 is 2.38 bits per heavy atom. The Labute approximate surface area is 122 Å². The number of aromatic nitrogens is 1. The Kier molecular flexibility index (Phi) is 3.04. The third kappa shape index (κ3) is 2.03. The van der Waals surface area contributed by atoms with E-state index in [0.717, 1.165) is 19.3 Å². The molecule has 1 spiro atoms. The van der Waals surface area contributed by atoms with Crippen molar-refractivity contribution in [3.05, 3.63) is 32.7 Å². The molecule has 2 N–H and O–H groups in total. The van der Waals surface area contributed by atoms with Gasteiger partial charge in [0, 0.05) is 17.8 Å². The minimum Gasteiger partial charge on any atom is -0.477 e. The number of carbonyl (C=O) groups excluding carboxylic acids is 1. The Bertz CT molecular complexity index is 695. The van der Waals surface area contributed by atoms with Crippen LogP contribution in [0.4, 0.5) is 0 Å². The van der Waals surface area contributed by atoms with Gasteiger partial charge >= 0.3 is 5.97 Å². The molecule has 0 aliphatic heterocycles. The van der Waals surface area contributed by atoms with Gasteiger partial charge in [-0.15, -0.1) is 0 Å². The van der Waals surface area contributed by atoms with Crippen molar-refractivity contribution in [1.29, 1.82) is 0 Å². The molecule has 5 heteroatoms. The highest BCUT2D eigenvalue weighted by molar-refractivity contribution is 6.01. The first-order valence-corrected chi connectivity index (χ1v) is 7.40. The van der Waals surface area contributed by atoms with E-state index in [-0.39, 0.29) is 28.2 Å². The van der Waals surface area contributed by atoms with Crippen LogP contribution in [-0.4, -0.2) is 21.8 Å². The fourth-order valence-electron chi connectivity index (χ4n) is 3.64. The van der Waals surface area contributed by atoms with Crippen molar-refractivity contribution in [2.24, 2.45) is 5.41 Å². The van der Waals surface area contributed by atoms with E-state index in [1.54, 1.807) is 0 Å². The maximum Gasteiger partial charge on any atom is 0.341 e. The standard InChI is InChI=1S/C16H19NO4/c1-8(2)13-12(15(20)21)14(19)11-9(17-13)6-16(4-3-5-16)7-10(11)18/h8H,3-7H2,1-2H3,(H,17,19)(H,20,21). The first-order valence-electron chi connectivity index (χ1n) is 7.40. The summed E-state index contributed by atoms with van der Waals surface area (Å²) in [6.07, 6.45) is 4.21. The number of carboxylic acid groups (broad SMARTS) is 1. The molecule has 0 atom stereocenters. The normalized spacial score (nSPS) is 19.5. The van der Waals surface area contributed by atoms with Gasteiger partial charge in [-0.3, -0.25) is 9.59 Å². The quantitative estimate of drug-likeness (QED) is 0.875. The molecule has 0 aromatic carbocycles. The van der Waals surface area contributed by atoms with Crippen LogP contribution in [0, 0.1) is 5.41 Å². The van der Waals surface area contributed by atoms with Crippen LogP contribution in [0.5, 0.6) is 0 Å². The second-order valence-electron chi connectivity index (χ2n) is 6.69. The molecule has 21 heavy (non-hydrogen) atoms. The molecule has 3 rings (SSSR count). The molecule has 5 nitrogen and oxygen atoms in total. The third-order valence-electron chi connectivity index (χ3n) is 4.88. The Morgan fingerprint density at radius 1 is 1.24 bits per heavy atom. The van der Waals surface area contributed by atoms with Crippen LogP contribution in [0.2, 0.25) is 0 Å². The Balaban J connectivity index is 2.23. The van der Waals surface area contributed by atoms with Crippen molar-refractivity contribution < 1.29 is 14.7 Å².